The largest absolute Gasteiger partial charge is 0.497 e. The second-order valence-corrected chi connectivity index (χ2v) is 7.94. The molecule has 170 valence electrons. The third-order valence-electron chi connectivity index (χ3n) is 5.37. The van der Waals surface area contributed by atoms with Crippen LogP contribution in [0.15, 0.2) is 48.7 Å². The summed E-state index contributed by atoms with van der Waals surface area (Å²) in [4.78, 5) is 35.1. The number of anilines is 1. The molecule has 1 atom stereocenters. The Morgan fingerprint density at radius 3 is 2.91 bits per heavy atom. The molecule has 33 heavy (non-hydrogen) atoms. The Hall–Kier alpha value is -3.69. The van der Waals surface area contributed by atoms with Crippen LogP contribution < -0.4 is 15.8 Å². The molecule has 1 unspecified atom stereocenters. The van der Waals surface area contributed by atoms with Crippen LogP contribution in [0, 0.1) is 0 Å². The Morgan fingerprint density at radius 2 is 2.15 bits per heavy atom. The molecule has 9 nitrogen and oxygen atoms in total. The number of amides is 2. The lowest BCUT2D eigenvalue weighted by atomic mass is 10.0. The number of ether oxygens (including phenoxy) is 1. The van der Waals surface area contributed by atoms with E-state index in [1.165, 1.54) is 11.1 Å². The number of methoxy groups -OCH3 is 1. The van der Waals surface area contributed by atoms with Crippen molar-refractivity contribution in [1.82, 2.24) is 20.2 Å². The third-order valence-corrected chi connectivity index (χ3v) is 5.65. The fourth-order valence-corrected chi connectivity index (χ4v) is 3.93. The van der Waals surface area contributed by atoms with E-state index in [0.29, 0.717) is 39.7 Å². The number of carbonyl (C=O) groups is 2. The molecule has 2 aromatic carbocycles. The van der Waals surface area contributed by atoms with Gasteiger partial charge < -0.3 is 25.8 Å². The predicted molar refractivity (Wildman–Crippen MR) is 123 cm³/mol. The SMILES string of the molecule is COc1cccc(C(CO)NC(=O)CN2Cc3ccc(-c4nc(N)ncc4Cl)cc3C2=O)c1. The number of benzene rings is 2. The minimum atomic E-state index is -0.621. The van der Waals surface area contributed by atoms with E-state index in [4.69, 9.17) is 22.1 Å². The molecule has 0 fully saturated rings. The zero-order valence-corrected chi connectivity index (χ0v) is 18.5. The average molecular weight is 468 g/mol. The van der Waals surface area contributed by atoms with Crippen molar-refractivity contribution in [3.8, 4) is 17.0 Å². The maximum absolute atomic E-state index is 13.0. The molecule has 0 bridgehead atoms. The summed E-state index contributed by atoms with van der Waals surface area (Å²) in [6.45, 7) is -0.145. The third kappa shape index (κ3) is 4.74. The number of hydrogen-bond donors (Lipinski definition) is 3. The standard InChI is InChI=1S/C23H22ClN5O4/c1-33-16-4-2-3-13(7-16)19(12-30)27-20(31)11-29-10-15-6-5-14(8-17(15)22(29)32)21-18(24)9-26-23(25)28-21/h2-9,19,30H,10-12H2,1H3,(H,27,31)(H2,25,26,28). The van der Waals surface area contributed by atoms with Gasteiger partial charge in [-0.25, -0.2) is 9.97 Å². The number of nitrogens with one attached hydrogen (secondary N) is 1. The second-order valence-electron chi connectivity index (χ2n) is 7.54. The summed E-state index contributed by atoms with van der Waals surface area (Å²) in [7, 11) is 1.54. The fourth-order valence-electron chi connectivity index (χ4n) is 3.73. The van der Waals surface area contributed by atoms with Gasteiger partial charge in [0.25, 0.3) is 5.91 Å². The number of nitrogen functional groups attached to an aromatic ring is 1. The van der Waals surface area contributed by atoms with Crippen molar-refractivity contribution in [3.63, 3.8) is 0 Å². The summed E-state index contributed by atoms with van der Waals surface area (Å²) in [5.74, 6) is 0.0349. The van der Waals surface area contributed by atoms with Crippen molar-refractivity contribution in [3.05, 3.63) is 70.4 Å². The van der Waals surface area contributed by atoms with Gasteiger partial charge in [-0.05, 0) is 29.3 Å². The summed E-state index contributed by atoms with van der Waals surface area (Å²) in [6.07, 6.45) is 1.41. The Morgan fingerprint density at radius 1 is 1.33 bits per heavy atom. The molecule has 4 N–H and O–H groups in total. The van der Waals surface area contributed by atoms with E-state index in [-0.39, 0.29) is 30.9 Å². The van der Waals surface area contributed by atoms with E-state index in [1.807, 2.05) is 6.07 Å². The molecular formula is C23H22ClN5O4. The molecule has 0 saturated carbocycles. The number of hydrogen-bond acceptors (Lipinski definition) is 7. The Kier molecular flexibility index (Phi) is 6.43. The smallest absolute Gasteiger partial charge is 0.254 e. The number of nitrogens with two attached hydrogens (primary N) is 1. The van der Waals surface area contributed by atoms with Gasteiger partial charge in [0.15, 0.2) is 0 Å². The number of nitrogens with zero attached hydrogens (tertiary/aromatic N) is 3. The number of aliphatic hydroxyl groups excluding tert-OH is 1. The van der Waals surface area contributed by atoms with Crippen molar-refractivity contribution >= 4 is 29.4 Å². The zero-order chi connectivity index (χ0) is 23.5. The summed E-state index contributed by atoms with van der Waals surface area (Å²) in [5, 5.41) is 12.9. The zero-order valence-electron chi connectivity index (χ0n) is 17.8. The molecule has 1 aliphatic rings. The van der Waals surface area contributed by atoms with Crippen molar-refractivity contribution in [2.45, 2.75) is 12.6 Å². The maximum atomic E-state index is 13.0. The predicted octanol–water partition coefficient (Wildman–Crippen LogP) is 2.19. The first-order chi connectivity index (χ1) is 15.9. The number of aromatic nitrogens is 2. The van der Waals surface area contributed by atoms with Gasteiger partial charge in [-0.3, -0.25) is 9.59 Å². The molecule has 3 aromatic rings. The van der Waals surface area contributed by atoms with E-state index in [2.05, 4.69) is 15.3 Å². The highest BCUT2D eigenvalue weighted by Crippen LogP contribution is 2.31. The summed E-state index contributed by atoms with van der Waals surface area (Å²) < 4.78 is 5.20. The van der Waals surface area contributed by atoms with Crippen molar-refractivity contribution in [1.29, 1.82) is 0 Å². The summed E-state index contributed by atoms with van der Waals surface area (Å²) >= 11 is 6.19. The lowest BCUT2D eigenvalue weighted by molar-refractivity contribution is -0.122. The Balaban J connectivity index is 1.47. The summed E-state index contributed by atoms with van der Waals surface area (Å²) in [6, 6.07) is 11.8. The number of fused-ring (bicyclic) bond motifs is 1. The molecule has 10 heteroatoms. The van der Waals surface area contributed by atoms with E-state index in [9.17, 15) is 14.7 Å². The monoisotopic (exact) mass is 467 g/mol. The molecule has 4 rings (SSSR count). The highest BCUT2D eigenvalue weighted by molar-refractivity contribution is 6.33. The van der Waals surface area contributed by atoms with Crippen LogP contribution in [0.1, 0.15) is 27.5 Å². The van der Waals surface area contributed by atoms with Crippen LogP contribution in [0.4, 0.5) is 5.95 Å². The fraction of sp³-hybridized carbons (Fsp3) is 0.217. The molecule has 0 aliphatic carbocycles. The lowest BCUT2D eigenvalue weighted by Gasteiger charge is -2.20. The highest BCUT2D eigenvalue weighted by Gasteiger charge is 2.30. The molecule has 0 saturated heterocycles. The van der Waals surface area contributed by atoms with Gasteiger partial charge in [-0.1, -0.05) is 35.9 Å². The highest BCUT2D eigenvalue weighted by atomic mass is 35.5. The second kappa shape index (κ2) is 9.43. The Labute approximate surface area is 195 Å². The van der Waals surface area contributed by atoms with Crippen LogP contribution in [0.3, 0.4) is 0 Å². The minimum absolute atomic E-state index is 0.0778. The molecule has 0 radical (unpaired) electrons. The number of halogens is 1. The lowest BCUT2D eigenvalue weighted by Crippen LogP contribution is -2.40. The topological polar surface area (TPSA) is 131 Å². The van der Waals surface area contributed by atoms with Gasteiger partial charge in [-0.2, -0.15) is 0 Å². The number of rotatable bonds is 7. The molecular weight excluding hydrogens is 446 g/mol. The minimum Gasteiger partial charge on any atom is -0.497 e. The summed E-state index contributed by atoms with van der Waals surface area (Å²) in [5.41, 5.74) is 8.69. The average Bonchev–Trinajstić information content (AvgIpc) is 3.13. The van der Waals surface area contributed by atoms with Gasteiger partial charge in [-0.15, -0.1) is 0 Å². The van der Waals surface area contributed by atoms with Crippen LogP contribution in [0.25, 0.3) is 11.3 Å². The van der Waals surface area contributed by atoms with E-state index >= 15 is 0 Å². The van der Waals surface area contributed by atoms with Gasteiger partial charge in [0.2, 0.25) is 11.9 Å². The van der Waals surface area contributed by atoms with E-state index < -0.39 is 6.04 Å². The quantitative estimate of drug-likeness (QED) is 0.485. The molecule has 1 aromatic heterocycles. The van der Waals surface area contributed by atoms with Crippen molar-refractivity contribution in [2.24, 2.45) is 0 Å². The Bertz CT molecular complexity index is 1220. The number of carbonyl (C=O) groups excluding carboxylic acids is 2. The van der Waals surface area contributed by atoms with Gasteiger partial charge in [0.05, 0.1) is 36.7 Å². The van der Waals surface area contributed by atoms with E-state index in [0.717, 1.165) is 5.56 Å². The van der Waals surface area contributed by atoms with Gasteiger partial charge in [0.1, 0.15) is 12.3 Å². The van der Waals surface area contributed by atoms with Crippen LogP contribution in [0.5, 0.6) is 5.75 Å². The first-order valence-corrected chi connectivity index (χ1v) is 10.5. The van der Waals surface area contributed by atoms with Crippen LogP contribution >= 0.6 is 11.6 Å². The normalized spacial score (nSPS) is 13.5. The maximum Gasteiger partial charge on any atom is 0.254 e. The first-order valence-electron chi connectivity index (χ1n) is 10.1. The number of aliphatic hydroxyl groups is 1. The molecule has 0 spiro atoms. The molecule has 2 amide bonds. The first kappa shape index (κ1) is 22.5. The van der Waals surface area contributed by atoms with Crippen LogP contribution in [0.2, 0.25) is 5.02 Å². The van der Waals surface area contributed by atoms with Gasteiger partial charge >= 0.3 is 0 Å². The van der Waals surface area contributed by atoms with Crippen LogP contribution in [-0.4, -0.2) is 52.1 Å². The molecule has 2 heterocycles. The van der Waals surface area contributed by atoms with Gasteiger partial charge in [0, 0.05) is 17.7 Å². The molecule has 1 aliphatic heterocycles. The van der Waals surface area contributed by atoms with Crippen LogP contribution in [-0.2, 0) is 11.3 Å². The van der Waals surface area contributed by atoms with Crippen molar-refractivity contribution < 1.29 is 19.4 Å². The van der Waals surface area contributed by atoms with Crippen molar-refractivity contribution in [2.75, 3.05) is 26.0 Å². The van der Waals surface area contributed by atoms with E-state index in [1.54, 1.807) is 43.5 Å².